The standard InChI is InChI=1S/C24H19FN2OS2/c25-20-12-6-4-10-18(20)24-27-22(15-30-24)19-11-5-7-13-21(19)26-23(28)16-29-14-17-8-2-1-3-9-17/h1-13,15H,14,16H2,(H,26,28). The fourth-order valence-corrected chi connectivity index (χ4v) is 4.63. The van der Waals surface area contributed by atoms with E-state index in [1.165, 1.54) is 23.0 Å². The van der Waals surface area contributed by atoms with E-state index in [0.29, 0.717) is 27.7 Å². The molecule has 1 amide bonds. The molecule has 0 saturated carbocycles. The van der Waals surface area contributed by atoms with Gasteiger partial charge in [-0.3, -0.25) is 4.79 Å². The first-order valence-electron chi connectivity index (χ1n) is 9.42. The third kappa shape index (κ3) is 4.96. The molecule has 0 aliphatic carbocycles. The maximum atomic E-state index is 14.1. The number of halogens is 1. The van der Waals surface area contributed by atoms with Crippen LogP contribution in [0.25, 0.3) is 21.8 Å². The van der Waals surface area contributed by atoms with E-state index >= 15 is 0 Å². The van der Waals surface area contributed by atoms with Gasteiger partial charge in [-0.25, -0.2) is 9.37 Å². The second kappa shape index (κ2) is 9.69. The monoisotopic (exact) mass is 434 g/mol. The van der Waals surface area contributed by atoms with Crippen molar-refractivity contribution in [1.29, 1.82) is 0 Å². The molecule has 4 rings (SSSR count). The van der Waals surface area contributed by atoms with Gasteiger partial charge in [-0.05, 0) is 23.8 Å². The van der Waals surface area contributed by atoms with Gasteiger partial charge in [0.15, 0.2) is 0 Å². The molecule has 0 spiro atoms. The lowest BCUT2D eigenvalue weighted by Crippen LogP contribution is -2.14. The summed E-state index contributed by atoms with van der Waals surface area (Å²) in [5.41, 5.74) is 3.91. The van der Waals surface area contributed by atoms with Crippen molar-refractivity contribution in [2.75, 3.05) is 11.1 Å². The molecule has 150 valence electrons. The van der Waals surface area contributed by atoms with Crippen LogP contribution < -0.4 is 5.32 Å². The van der Waals surface area contributed by atoms with Gasteiger partial charge in [0.1, 0.15) is 10.8 Å². The van der Waals surface area contributed by atoms with Gasteiger partial charge in [-0.15, -0.1) is 23.1 Å². The average molecular weight is 435 g/mol. The molecular formula is C24H19FN2OS2. The fourth-order valence-electron chi connectivity index (χ4n) is 2.99. The summed E-state index contributed by atoms with van der Waals surface area (Å²) in [6.07, 6.45) is 0. The van der Waals surface area contributed by atoms with Gasteiger partial charge in [0, 0.05) is 22.3 Å². The van der Waals surface area contributed by atoms with E-state index in [-0.39, 0.29) is 11.7 Å². The molecule has 3 nitrogen and oxygen atoms in total. The van der Waals surface area contributed by atoms with Gasteiger partial charge < -0.3 is 5.32 Å². The third-order valence-corrected chi connectivity index (χ3v) is 6.31. The number of carbonyl (C=O) groups is 1. The van der Waals surface area contributed by atoms with E-state index < -0.39 is 0 Å². The maximum absolute atomic E-state index is 14.1. The number of thiazole rings is 1. The Morgan fingerprint density at radius 3 is 2.43 bits per heavy atom. The summed E-state index contributed by atoms with van der Waals surface area (Å²) in [5, 5.41) is 5.49. The minimum atomic E-state index is -0.296. The lowest BCUT2D eigenvalue weighted by atomic mass is 10.1. The zero-order valence-corrected chi connectivity index (χ0v) is 17.7. The number of hydrogen-bond acceptors (Lipinski definition) is 4. The molecule has 30 heavy (non-hydrogen) atoms. The molecule has 0 aliphatic rings. The van der Waals surface area contributed by atoms with Crippen LogP contribution in [-0.4, -0.2) is 16.6 Å². The fraction of sp³-hybridized carbons (Fsp3) is 0.0833. The topological polar surface area (TPSA) is 42.0 Å². The predicted octanol–water partition coefficient (Wildman–Crippen LogP) is 6.49. The van der Waals surface area contributed by atoms with Crippen molar-refractivity contribution >= 4 is 34.7 Å². The molecule has 0 fully saturated rings. The molecule has 0 bridgehead atoms. The van der Waals surface area contributed by atoms with Crippen LogP contribution in [0.15, 0.2) is 84.2 Å². The average Bonchev–Trinajstić information content (AvgIpc) is 3.25. The maximum Gasteiger partial charge on any atom is 0.234 e. The Bertz CT molecular complexity index is 1140. The second-order valence-electron chi connectivity index (χ2n) is 6.59. The number of thioether (sulfide) groups is 1. The summed E-state index contributed by atoms with van der Waals surface area (Å²) < 4.78 is 14.1. The number of benzene rings is 3. The highest BCUT2D eigenvalue weighted by Crippen LogP contribution is 2.33. The Labute approximate surface area is 183 Å². The molecule has 0 unspecified atom stereocenters. The molecule has 6 heteroatoms. The number of anilines is 1. The molecule has 3 aromatic carbocycles. The molecule has 0 saturated heterocycles. The van der Waals surface area contributed by atoms with Crippen molar-refractivity contribution < 1.29 is 9.18 Å². The molecule has 0 radical (unpaired) electrons. The lowest BCUT2D eigenvalue weighted by molar-refractivity contribution is -0.113. The highest BCUT2D eigenvalue weighted by atomic mass is 32.2. The number of aromatic nitrogens is 1. The number of rotatable bonds is 7. The summed E-state index contributed by atoms with van der Waals surface area (Å²) in [5.74, 6) is 0.790. The van der Waals surface area contributed by atoms with Gasteiger partial charge in [0.2, 0.25) is 5.91 Å². The summed E-state index contributed by atoms with van der Waals surface area (Å²) >= 11 is 2.95. The SMILES string of the molecule is O=C(CSCc1ccccc1)Nc1ccccc1-c1csc(-c2ccccc2F)n1. The van der Waals surface area contributed by atoms with Crippen LogP contribution in [0, 0.1) is 5.82 Å². The summed E-state index contributed by atoms with van der Waals surface area (Å²) in [7, 11) is 0. The minimum Gasteiger partial charge on any atom is -0.325 e. The summed E-state index contributed by atoms with van der Waals surface area (Å²) in [6, 6.07) is 24.2. The van der Waals surface area contributed by atoms with Crippen LogP contribution in [0.5, 0.6) is 0 Å². The molecule has 1 N–H and O–H groups in total. The summed E-state index contributed by atoms with van der Waals surface area (Å²) in [4.78, 5) is 17.1. The Morgan fingerprint density at radius 1 is 0.933 bits per heavy atom. The van der Waals surface area contributed by atoms with Crippen LogP contribution in [0.1, 0.15) is 5.56 Å². The molecule has 0 aliphatic heterocycles. The van der Waals surface area contributed by atoms with Gasteiger partial charge in [-0.2, -0.15) is 0 Å². The Morgan fingerprint density at radius 2 is 1.63 bits per heavy atom. The van der Waals surface area contributed by atoms with E-state index in [4.69, 9.17) is 0 Å². The first kappa shape index (κ1) is 20.3. The zero-order valence-electron chi connectivity index (χ0n) is 16.0. The van der Waals surface area contributed by atoms with Gasteiger partial charge in [-0.1, -0.05) is 60.7 Å². The molecule has 1 heterocycles. The second-order valence-corrected chi connectivity index (χ2v) is 8.43. The Kier molecular flexibility index (Phi) is 6.57. The van der Waals surface area contributed by atoms with Gasteiger partial charge in [0.25, 0.3) is 0 Å². The highest BCUT2D eigenvalue weighted by Gasteiger charge is 2.14. The van der Waals surface area contributed by atoms with E-state index in [9.17, 15) is 9.18 Å². The van der Waals surface area contributed by atoms with Crippen molar-refractivity contribution in [3.8, 4) is 21.8 Å². The quantitative estimate of drug-likeness (QED) is 0.362. The van der Waals surface area contributed by atoms with E-state index in [1.807, 2.05) is 47.8 Å². The van der Waals surface area contributed by atoms with Crippen LogP contribution >= 0.6 is 23.1 Å². The van der Waals surface area contributed by atoms with Crippen molar-refractivity contribution in [2.24, 2.45) is 0 Å². The number of para-hydroxylation sites is 1. The van der Waals surface area contributed by atoms with Gasteiger partial charge in [0.05, 0.1) is 17.1 Å². The molecular weight excluding hydrogens is 415 g/mol. The van der Waals surface area contributed by atoms with Crippen molar-refractivity contribution in [1.82, 2.24) is 4.98 Å². The van der Waals surface area contributed by atoms with Crippen LogP contribution in [0.2, 0.25) is 0 Å². The lowest BCUT2D eigenvalue weighted by Gasteiger charge is -2.09. The van der Waals surface area contributed by atoms with Crippen molar-refractivity contribution in [3.05, 3.63) is 95.6 Å². The van der Waals surface area contributed by atoms with Crippen LogP contribution in [-0.2, 0) is 10.5 Å². The Balaban J connectivity index is 1.45. The van der Waals surface area contributed by atoms with E-state index in [2.05, 4.69) is 22.4 Å². The predicted molar refractivity (Wildman–Crippen MR) is 124 cm³/mol. The first-order chi connectivity index (χ1) is 14.7. The van der Waals surface area contributed by atoms with Crippen LogP contribution in [0.4, 0.5) is 10.1 Å². The number of amides is 1. The number of nitrogens with zero attached hydrogens (tertiary/aromatic N) is 1. The van der Waals surface area contributed by atoms with Crippen molar-refractivity contribution in [2.45, 2.75) is 5.75 Å². The highest BCUT2D eigenvalue weighted by molar-refractivity contribution is 7.99. The number of carbonyl (C=O) groups excluding carboxylic acids is 1. The zero-order chi connectivity index (χ0) is 20.8. The first-order valence-corrected chi connectivity index (χ1v) is 11.5. The van der Waals surface area contributed by atoms with E-state index in [0.717, 1.165) is 11.3 Å². The summed E-state index contributed by atoms with van der Waals surface area (Å²) in [6.45, 7) is 0. The molecule has 4 aromatic rings. The normalized spacial score (nSPS) is 10.7. The third-order valence-electron chi connectivity index (χ3n) is 4.43. The minimum absolute atomic E-state index is 0.0621. The number of nitrogens with one attached hydrogen (secondary N) is 1. The van der Waals surface area contributed by atoms with E-state index in [1.54, 1.807) is 30.0 Å². The molecule has 1 aromatic heterocycles. The molecule has 0 atom stereocenters. The Hall–Kier alpha value is -2.96. The number of hydrogen-bond donors (Lipinski definition) is 1. The largest absolute Gasteiger partial charge is 0.325 e. The smallest absolute Gasteiger partial charge is 0.234 e. The van der Waals surface area contributed by atoms with Crippen molar-refractivity contribution in [3.63, 3.8) is 0 Å². The van der Waals surface area contributed by atoms with Gasteiger partial charge >= 0.3 is 0 Å². The van der Waals surface area contributed by atoms with Crippen LogP contribution in [0.3, 0.4) is 0 Å².